The number of carbonyl (C=O) groups is 2. The standard InChI is InChI=1S/C15H19NO5/c1-21-12-5-3-2-4-9(12)6-7-15(16,14(19)20)11-8-10(11)13(17)18/h2-5,10-11H,6-8,16H2,1H3,(H,17,18)(H,19,20). The first kappa shape index (κ1) is 15.3. The summed E-state index contributed by atoms with van der Waals surface area (Å²) in [6, 6.07) is 7.32. The molecule has 2 rings (SSSR count). The number of carboxylic acids is 2. The molecule has 21 heavy (non-hydrogen) atoms. The smallest absolute Gasteiger partial charge is 0.324 e. The quantitative estimate of drug-likeness (QED) is 0.695. The zero-order valence-electron chi connectivity index (χ0n) is 11.8. The minimum atomic E-state index is -1.51. The molecule has 0 heterocycles. The molecule has 6 heteroatoms. The van der Waals surface area contributed by atoms with Crippen molar-refractivity contribution in [2.24, 2.45) is 17.6 Å². The molecule has 1 aromatic rings. The van der Waals surface area contributed by atoms with Crippen molar-refractivity contribution in [2.45, 2.75) is 24.8 Å². The lowest BCUT2D eigenvalue weighted by molar-refractivity contribution is -0.145. The number of rotatable bonds is 7. The first-order chi connectivity index (χ1) is 9.90. The molecule has 1 aliphatic carbocycles. The predicted molar refractivity (Wildman–Crippen MR) is 75.1 cm³/mol. The van der Waals surface area contributed by atoms with Crippen molar-refractivity contribution in [2.75, 3.05) is 7.11 Å². The Kier molecular flexibility index (Phi) is 4.18. The molecule has 1 aromatic carbocycles. The van der Waals surface area contributed by atoms with Gasteiger partial charge < -0.3 is 20.7 Å². The van der Waals surface area contributed by atoms with E-state index in [2.05, 4.69) is 0 Å². The van der Waals surface area contributed by atoms with Gasteiger partial charge >= 0.3 is 11.9 Å². The van der Waals surface area contributed by atoms with Crippen LogP contribution in [-0.4, -0.2) is 34.8 Å². The normalized spacial score (nSPS) is 23.1. The second kappa shape index (κ2) is 5.73. The lowest BCUT2D eigenvalue weighted by Crippen LogP contribution is -2.51. The number of aliphatic carboxylic acids is 2. The van der Waals surface area contributed by atoms with E-state index in [-0.39, 0.29) is 6.42 Å². The second-order valence-corrected chi connectivity index (χ2v) is 5.44. The van der Waals surface area contributed by atoms with E-state index in [0.717, 1.165) is 5.56 Å². The molecule has 114 valence electrons. The number of hydrogen-bond donors (Lipinski definition) is 3. The first-order valence-corrected chi connectivity index (χ1v) is 6.77. The van der Waals surface area contributed by atoms with Gasteiger partial charge in [-0.05, 0) is 30.9 Å². The number of nitrogens with two attached hydrogens (primary N) is 1. The number of carboxylic acid groups (broad SMARTS) is 2. The van der Waals surface area contributed by atoms with Crippen molar-refractivity contribution in [3.63, 3.8) is 0 Å². The van der Waals surface area contributed by atoms with Crippen LogP contribution in [0.5, 0.6) is 5.75 Å². The van der Waals surface area contributed by atoms with Crippen molar-refractivity contribution in [3.8, 4) is 5.75 Å². The topological polar surface area (TPSA) is 110 Å². The van der Waals surface area contributed by atoms with Crippen molar-refractivity contribution in [3.05, 3.63) is 29.8 Å². The van der Waals surface area contributed by atoms with Crippen LogP contribution in [0.3, 0.4) is 0 Å². The Morgan fingerprint density at radius 1 is 1.38 bits per heavy atom. The van der Waals surface area contributed by atoms with Gasteiger partial charge in [0, 0.05) is 5.92 Å². The lowest BCUT2D eigenvalue weighted by atomic mass is 9.86. The van der Waals surface area contributed by atoms with Crippen LogP contribution in [0.1, 0.15) is 18.4 Å². The molecule has 0 amide bonds. The molecule has 1 saturated carbocycles. The monoisotopic (exact) mass is 293 g/mol. The summed E-state index contributed by atoms with van der Waals surface area (Å²) in [5.41, 5.74) is 5.36. The molecule has 0 radical (unpaired) electrons. The first-order valence-electron chi connectivity index (χ1n) is 6.77. The summed E-state index contributed by atoms with van der Waals surface area (Å²) < 4.78 is 5.22. The Balaban J connectivity index is 2.11. The minimum Gasteiger partial charge on any atom is -0.496 e. The molecule has 0 aliphatic heterocycles. The summed E-state index contributed by atoms with van der Waals surface area (Å²) in [6.45, 7) is 0. The van der Waals surface area contributed by atoms with E-state index < -0.39 is 29.3 Å². The number of hydrogen-bond acceptors (Lipinski definition) is 4. The molecule has 0 spiro atoms. The molecule has 0 saturated heterocycles. The minimum absolute atomic E-state index is 0.178. The molecular formula is C15H19NO5. The number of benzene rings is 1. The number of methoxy groups -OCH3 is 1. The van der Waals surface area contributed by atoms with Gasteiger partial charge in [-0.15, -0.1) is 0 Å². The fraction of sp³-hybridized carbons (Fsp3) is 0.467. The molecule has 4 N–H and O–H groups in total. The Morgan fingerprint density at radius 2 is 2.05 bits per heavy atom. The zero-order chi connectivity index (χ0) is 15.6. The highest BCUT2D eigenvalue weighted by molar-refractivity contribution is 5.83. The van der Waals surface area contributed by atoms with Gasteiger partial charge in [0.1, 0.15) is 11.3 Å². The highest BCUT2D eigenvalue weighted by Gasteiger charge is 2.58. The van der Waals surface area contributed by atoms with Crippen LogP contribution in [0.15, 0.2) is 24.3 Å². The van der Waals surface area contributed by atoms with E-state index in [1.165, 1.54) is 0 Å². The number of aryl methyl sites for hydroxylation is 1. The third-order valence-electron chi connectivity index (χ3n) is 4.17. The molecule has 1 aliphatic rings. The maximum atomic E-state index is 11.5. The fourth-order valence-electron chi connectivity index (χ4n) is 2.74. The lowest BCUT2D eigenvalue weighted by Gasteiger charge is -2.25. The van der Waals surface area contributed by atoms with Crippen LogP contribution in [0.4, 0.5) is 0 Å². The van der Waals surface area contributed by atoms with E-state index in [1.807, 2.05) is 18.2 Å². The van der Waals surface area contributed by atoms with Gasteiger partial charge in [0.05, 0.1) is 13.0 Å². The summed E-state index contributed by atoms with van der Waals surface area (Å²) in [6.07, 6.45) is 0.927. The molecule has 0 aromatic heterocycles. The van der Waals surface area contributed by atoms with Crippen LogP contribution >= 0.6 is 0 Å². The van der Waals surface area contributed by atoms with E-state index in [9.17, 15) is 14.7 Å². The molecule has 1 fully saturated rings. The van der Waals surface area contributed by atoms with E-state index >= 15 is 0 Å². The third-order valence-corrected chi connectivity index (χ3v) is 4.17. The van der Waals surface area contributed by atoms with E-state index in [4.69, 9.17) is 15.6 Å². The largest absolute Gasteiger partial charge is 0.496 e. The van der Waals surface area contributed by atoms with Crippen LogP contribution in [0.25, 0.3) is 0 Å². The average Bonchev–Trinajstić information content (AvgIpc) is 3.25. The van der Waals surface area contributed by atoms with Gasteiger partial charge in [-0.2, -0.15) is 0 Å². The predicted octanol–water partition coefficient (Wildman–Crippen LogP) is 1.13. The number of para-hydroxylation sites is 1. The van der Waals surface area contributed by atoms with Gasteiger partial charge in [0.15, 0.2) is 0 Å². The van der Waals surface area contributed by atoms with Gasteiger partial charge in [0.2, 0.25) is 0 Å². The molecule has 3 atom stereocenters. The van der Waals surface area contributed by atoms with Gasteiger partial charge in [-0.25, -0.2) is 0 Å². The van der Waals surface area contributed by atoms with E-state index in [0.29, 0.717) is 18.6 Å². The molecule has 3 unspecified atom stereocenters. The Hall–Kier alpha value is -2.08. The van der Waals surface area contributed by atoms with Crippen LogP contribution in [0, 0.1) is 11.8 Å². The number of ether oxygens (including phenoxy) is 1. The van der Waals surface area contributed by atoms with Crippen molar-refractivity contribution < 1.29 is 24.5 Å². The summed E-state index contributed by atoms with van der Waals surface area (Å²) in [7, 11) is 1.55. The van der Waals surface area contributed by atoms with Crippen molar-refractivity contribution >= 4 is 11.9 Å². The van der Waals surface area contributed by atoms with Crippen LogP contribution in [0.2, 0.25) is 0 Å². The van der Waals surface area contributed by atoms with Gasteiger partial charge in [-0.3, -0.25) is 9.59 Å². The summed E-state index contributed by atoms with van der Waals surface area (Å²) in [5, 5.41) is 18.4. The molecule has 0 bridgehead atoms. The van der Waals surface area contributed by atoms with Gasteiger partial charge in [-0.1, -0.05) is 18.2 Å². The summed E-state index contributed by atoms with van der Waals surface area (Å²) in [5.74, 6) is -2.61. The van der Waals surface area contributed by atoms with Crippen LogP contribution in [-0.2, 0) is 16.0 Å². The maximum absolute atomic E-state index is 11.5. The molecular weight excluding hydrogens is 274 g/mol. The van der Waals surface area contributed by atoms with Crippen LogP contribution < -0.4 is 10.5 Å². The second-order valence-electron chi connectivity index (χ2n) is 5.44. The zero-order valence-corrected chi connectivity index (χ0v) is 11.8. The van der Waals surface area contributed by atoms with Crippen molar-refractivity contribution in [1.29, 1.82) is 0 Å². The third kappa shape index (κ3) is 3.00. The highest BCUT2D eigenvalue weighted by atomic mass is 16.5. The van der Waals surface area contributed by atoms with Gasteiger partial charge in [0.25, 0.3) is 0 Å². The van der Waals surface area contributed by atoms with Crippen molar-refractivity contribution in [1.82, 2.24) is 0 Å². The Bertz CT molecular complexity index is 559. The Labute approximate surface area is 122 Å². The Morgan fingerprint density at radius 3 is 2.57 bits per heavy atom. The highest BCUT2D eigenvalue weighted by Crippen LogP contribution is 2.47. The summed E-state index contributed by atoms with van der Waals surface area (Å²) in [4.78, 5) is 22.4. The molecule has 6 nitrogen and oxygen atoms in total. The SMILES string of the molecule is COc1ccccc1CCC(N)(C(=O)O)C1CC1C(=O)O. The summed E-state index contributed by atoms with van der Waals surface area (Å²) >= 11 is 0. The average molecular weight is 293 g/mol. The fourth-order valence-corrected chi connectivity index (χ4v) is 2.74. The maximum Gasteiger partial charge on any atom is 0.324 e. The van der Waals surface area contributed by atoms with E-state index in [1.54, 1.807) is 13.2 Å².